The minimum atomic E-state index is -0.423. The number of carbonyl (C=O) groups is 2. The normalized spacial score (nSPS) is 11.9. The molecule has 18 heavy (non-hydrogen) atoms. The molecule has 0 saturated heterocycles. The predicted molar refractivity (Wildman–Crippen MR) is 73.7 cm³/mol. The van der Waals surface area contributed by atoms with Crippen molar-refractivity contribution in [3.05, 3.63) is 0 Å². The predicted octanol–water partition coefficient (Wildman–Crippen LogP) is 3.22. The maximum atomic E-state index is 11.5. The molecule has 0 spiro atoms. The first-order chi connectivity index (χ1) is 8.61. The van der Waals surface area contributed by atoms with Crippen LogP contribution in [0.25, 0.3) is 0 Å². The topological polar surface area (TPSA) is 52.6 Å². The number of hydrogen-bond acceptors (Lipinski definition) is 4. The molecule has 106 valence electrons. The Morgan fingerprint density at radius 2 is 1.61 bits per heavy atom. The molecule has 0 aliphatic heterocycles. The van der Waals surface area contributed by atoms with Gasteiger partial charge in [0.1, 0.15) is 4.83 Å². The van der Waals surface area contributed by atoms with Crippen molar-refractivity contribution in [1.29, 1.82) is 0 Å². The Bertz CT molecular complexity index is 243. The molecule has 0 aliphatic rings. The van der Waals surface area contributed by atoms with E-state index >= 15 is 0 Å². The van der Waals surface area contributed by atoms with E-state index in [1.807, 2.05) is 13.8 Å². The Balaban J connectivity index is 3.64. The molecular formula is C13H23BrO4. The fourth-order valence-electron chi connectivity index (χ4n) is 1.17. The van der Waals surface area contributed by atoms with Crippen molar-refractivity contribution in [3.63, 3.8) is 0 Å². The fourth-order valence-corrected chi connectivity index (χ4v) is 1.53. The van der Waals surface area contributed by atoms with Gasteiger partial charge in [-0.25, -0.2) is 0 Å². The van der Waals surface area contributed by atoms with Gasteiger partial charge in [0.25, 0.3) is 0 Å². The SMILES string of the molecule is CCCCOC(=O)CC[C@H](Br)C(=O)OCCCC. The average molecular weight is 323 g/mol. The number of halogens is 1. The number of ether oxygens (including phenoxy) is 2. The highest BCUT2D eigenvalue weighted by Crippen LogP contribution is 2.11. The van der Waals surface area contributed by atoms with Crippen molar-refractivity contribution in [2.24, 2.45) is 0 Å². The fraction of sp³-hybridized carbons (Fsp3) is 0.846. The third kappa shape index (κ3) is 9.45. The van der Waals surface area contributed by atoms with Crippen LogP contribution in [0.3, 0.4) is 0 Å². The first-order valence-electron chi connectivity index (χ1n) is 6.58. The zero-order chi connectivity index (χ0) is 13.8. The van der Waals surface area contributed by atoms with E-state index in [4.69, 9.17) is 9.47 Å². The summed E-state index contributed by atoms with van der Waals surface area (Å²) in [5, 5.41) is 0. The van der Waals surface area contributed by atoms with Crippen molar-refractivity contribution in [1.82, 2.24) is 0 Å². The van der Waals surface area contributed by atoms with Gasteiger partial charge < -0.3 is 9.47 Å². The summed E-state index contributed by atoms with van der Waals surface area (Å²) < 4.78 is 10.0. The number of carbonyl (C=O) groups excluding carboxylic acids is 2. The smallest absolute Gasteiger partial charge is 0.319 e. The molecule has 4 nitrogen and oxygen atoms in total. The van der Waals surface area contributed by atoms with Crippen LogP contribution in [-0.4, -0.2) is 30.0 Å². The van der Waals surface area contributed by atoms with E-state index in [0.29, 0.717) is 19.6 Å². The van der Waals surface area contributed by atoms with Crippen LogP contribution in [0.15, 0.2) is 0 Å². The van der Waals surface area contributed by atoms with Crippen LogP contribution in [0, 0.1) is 0 Å². The lowest BCUT2D eigenvalue weighted by molar-refractivity contribution is -0.145. The summed E-state index contributed by atoms with van der Waals surface area (Å²) in [4.78, 5) is 22.4. The third-order valence-corrected chi connectivity index (χ3v) is 3.19. The molecule has 1 atom stereocenters. The quantitative estimate of drug-likeness (QED) is 0.352. The summed E-state index contributed by atoms with van der Waals surface area (Å²) in [7, 11) is 0. The van der Waals surface area contributed by atoms with Crippen LogP contribution in [-0.2, 0) is 19.1 Å². The van der Waals surface area contributed by atoms with E-state index in [1.54, 1.807) is 0 Å². The van der Waals surface area contributed by atoms with Crippen molar-refractivity contribution in [2.75, 3.05) is 13.2 Å². The second-order valence-electron chi connectivity index (χ2n) is 4.10. The standard InChI is InChI=1S/C13H23BrO4/c1-3-5-9-17-12(15)8-7-11(14)13(16)18-10-6-4-2/h11H,3-10H2,1-2H3/t11-/m0/s1. The first-order valence-corrected chi connectivity index (χ1v) is 7.49. The van der Waals surface area contributed by atoms with E-state index in [2.05, 4.69) is 15.9 Å². The molecule has 0 heterocycles. The summed E-state index contributed by atoms with van der Waals surface area (Å²) in [6.07, 6.45) is 4.38. The van der Waals surface area contributed by atoms with Crippen LogP contribution < -0.4 is 0 Å². The lowest BCUT2D eigenvalue weighted by atomic mass is 10.2. The van der Waals surface area contributed by atoms with E-state index in [1.165, 1.54) is 0 Å². The molecule has 0 rings (SSSR count). The monoisotopic (exact) mass is 322 g/mol. The highest BCUT2D eigenvalue weighted by molar-refractivity contribution is 9.10. The van der Waals surface area contributed by atoms with Crippen molar-refractivity contribution < 1.29 is 19.1 Å². The van der Waals surface area contributed by atoms with E-state index in [0.717, 1.165) is 25.7 Å². The lowest BCUT2D eigenvalue weighted by Gasteiger charge is -2.09. The van der Waals surface area contributed by atoms with Gasteiger partial charge in [0, 0.05) is 6.42 Å². The van der Waals surface area contributed by atoms with Gasteiger partial charge in [0.15, 0.2) is 0 Å². The van der Waals surface area contributed by atoms with Crippen LogP contribution in [0.4, 0.5) is 0 Å². The van der Waals surface area contributed by atoms with Gasteiger partial charge in [0.2, 0.25) is 0 Å². The second kappa shape index (κ2) is 11.5. The van der Waals surface area contributed by atoms with Gasteiger partial charge in [0.05, 0.1) is 13.2 Å². The molecule has 0 saturated carbocycles. The van der Waals surface area contributed by atoms with Crippen LogP contribution in [0.1, 0.15) is 52.4 Å². The lowest BCUT2D eigenvalue weighted by Crippen LogP contribution is -2.19. The van der Waals surface area contributed by atoms with Crippen molar-refractivity contribution in [3.8, 4) is 0 Å². The van der Waals surface area contributed by atoms with Crippen LogP contribution in [0.5, 0.6) is 0 Å². The maximum Gasteiger partial charge on any atom is 0.319 e. The molecule has 0 unspecified atom stereocenters. The van der Waals surface area contributed by atoms with Gasteiger partial charge in [-0.15, -0.1) is 0 Å². The Morgan fingerprint density at radius 3 is 2.17 bits per heavy atom. The van der Waals surface area contributed by atoms with Crippen LogP contribution >= 0.6 is 15.9 Å². The summed E-state index contributed by atoms with van der Waals surface area (Å²) >= 11 is 3.22. The summed E-state index contributed by atoms with van der Waals surface area (Å²) in [6.45, 7) is 4.97. The van der Waals surface area contributed by atoms with Gasteiger partial charge >= 0.3 is 11.9 Å². The number of unbranched alkanes of at least 4 members (excludes halogenated alkanes) is 2. The minimum Gasteiger partial charge on any atom is -0.466 e. The molecule has 0 aromatic rings. The van der Waals surface area contributed by atoms with Gasteiger partial charge in [-0.2, -0.15) is 0 Å². The number of hydrogen-bond donors (Lipinski definition) is 0. The zero-order valence-electron chi connectivity index (χ0n) is 11.2. The molecule has 0 fully saturated rings. The van der Waals surface area contributed by atoms with E-state index in [-0.39, 0.29) is 18.4 Å². The Morgan fingerprint density at radius 1 is 1.06 bits per heavy atom. The molecule has 0 aromatic heterocycles. The molecule has 0 aromatic carbocycles. The number of esters is 2. The zero-order valence-corrected chi connectivity index (χ0v) is 12.8. The minimum absolute atomic E-state index is 0.239. The van der Waals surface area contributed by atoms with Crippen molar-refractivity contribution in [2.45, 2.75) is 57.2 Å². The molecule has 5 heteroatoms. The molecule has 0 amide bonds. The number of rotatable bonds is 10. The Labute approximate surface area is 118 Å². The number of alkyl halides is 1. The molecule has 0 aliphatic carbocycles. The second-order valence-corrected chi connectivity index (χ2v) is 5.21. The largest absolute Gasteiger partial charge is 0.466 e. The molecular weight excluding hydrogens is 300 g/mol. The highest BCUT2D eigenvalue weighted by Gasteiger charge is 2.18. The Kier molecular flexibility index (Phi) is 11.1. The molecule has 0 N–H and O–H groups in total. The summed E-state index contributed by atoms with van der Waals surface area (Å²) in [5.41, 5.74) is 0. The third-order valence-electron chi connectivity index (χ3n) is 2.36. The first kappa shape index (κ1) is 17.4. The summed E-state index contributed by atoms with van der Waals surface area (Å²) in [6, 6.07) is 0. The highest BCUT2D eigenvalue weighted by atomic mass is 79.9. The van der Waals surface area contributed by atoms with Gasteiger partial charge in [-0.1, -0.05) is 42.6 Å². The summed E-state index contributed by atoms with van der Waals surface area (Å²) in [5.74, 6) is -0.556. The van der Waals surface area contributed by atoms with Gasteiger partial charge in [-0.05, 0) is 19.3 Å². The average Bonchev–Trinajstić information content (AvgIpc) is 2.36. The van der Waals surface area contributed by atoms with Gasteiger partial charge in [-0.3, -0.25) is 9.59 Å². The maximum absolute atomic E-state index is 11.5. The molecule has 0 radical (unpaired) electrons. The van der Waals surface area contributed by atoms with E-state index < -0.39 is 4.83 Å². The molecule has 0 bridgehead atoms. The van der Waals surface area contributed by atoms with Crippen molar-refractivity contribution >= 4 is 27.9 Å². The Hall–Kier alpha value is -0.580. The van der Waals surface area contributed by atoms with E-state index in [9.17, 15) is 9.59 Å². The van der Waals surface area contributed by atoms with Crippen LogP contribution in [0.2, 0.25) is 0 Å².